The average molecular weight is 854 g/mol. The Morgan fingerprint density at radius 3 is 1.59 bits per heavy atom. The monoisotopic (exact) mass is 854 g/mol. The van der Waals surface area contributed by atoms with Gasteiger partial charge in [0.05, 0.1) is 43.0 Å². The Labute approximate surface area is 373 Å². The van der Waals surface area contributed by atoms with Gasteiger partial charge in [0.25, 0.3) is 0 Å². The minimum absolute atomic E-state index is 0.0145. The van der Waals surface area contributed by atoms with Crippen LogP contribution in [0.4, 0.5) is 4.79 Å². The summed E-state index contributed by atoms with van der Waals surface area (Å²) in [5.41, 5.74) is 14.0. The molecule has 4 fully saturated rings. The van der Waals surface area contributed by atoms with Gasteiger partial charge in [0.2, 0.25) is 11.8 Å². The molecule has 2 aromatic heterocycles. The van der Waals surface area contributed by atoms with Crippen LogP contribution in [0.2, 0.25) is 0 Å². The predicted octanol–water partition coefficient (Wildman–Crippen LogP) is 10.2. The molecule has 0 radical (unpaired) electrons. The third-order valence-electron chi connectivity index (χ3n) is 16.2. The summed E-state index contributed by atoms with van der Waals surface area (Å²) in [6, 6.07) is 8.71. The lowest BCUT2D eigenvalue weighted by atomic mass is 9.82. The Balaban J connectivity index is 0.996. The molecule has 2 saturated heterocycles. The van der Waals surface area contributed by atoms with Gasteiger partial charge >= 0.3 is 6.09 Å². The number of alkyl carbamates (subject to hydrolysis) is 1. The summed E-state index contributed by atoms with van der Waals surface area (Å²) in [4.78, 5) is 60.8. The lowest BCUT2D eigenvalue weighted by molar-refractivity contribution is -0.135. The number of imidazole rings is 2. The number of methoxy groups -OCH3 is 1. The summed E-state index contributed by atoms with van der Waals surface area (Å²) in [5.74, 6) is 2.12. The number of carbonyl (C=O) groups excluding carboxylic acids is 3. The van der Waals surface area contributed by atoms with Crippen LogP contribution in [0.3, 0.4) is 0 Å². The highest BCUT2D eigenvalue weighted by Gasteiger charge is 2.45. The van der Waals surface area contributed by atoms with Gasteiger partial charge in [0.1, 0.15) is 17.7 Å². The number of benzene rings is 2. The highest BCUT2D eigenvalue weighted by molar-refractivity contribution is 5.87. The van der Waals surface area contributed by atoms with Gasteiger partial charge in [-0.25, -0.2) is 14.8 Å². The van der Waals surface area contributed by atoms with E-state index in [0.29, 0.717) is 29.7 Å². The van der Waals surface area contributed by atoms with Crippen molar-refractivity contribution in [2.24, 2.45) is 22.7 Å². The average Bonchev–Trinajstić information content (AvgIpc) is 4.12. The zero-order chi connectivity index (χ0) is 43.6. The second-order valence-corrected chi connectivity index (χ2v) is 21.1. The van der Waals surface area contributed by atoms with E-state index in [0.717, 1.165) is 80.9 Å². The molecule has 2 saturated carbocycles. The smallest absolute Gasteiger partial charge is 0.407 e. The van der Waals surface area contributed by atoms with Crippen LogP contribution in [0.25, 0.3) is 33.6 Å². The first-order chi connectivity index (χ1) is 30.4. The molecule has 4 heterocycles. The van der Waals surface area contributed by atoms with Gasteiger partial charge in [-0.2, -0.15) is 0 Å². The maximum absolute atomic E-state index is 13.9. The molecule has 10 rings (SSSR count). The number of rotatable bonds is 10. The summed E-state index contributed by atoms with van der Waals surface area (Å²) in [5, 5.41) is 2.78. The standard InChI is InChI=1S/C52H67N7O4/c1-31(2)24-45(60)58-22-10-12-43(58)47-53-29-41(55-47)35-16-14-33(37-25-51(27-39(35)37)18-6-7-19-51)34-15-17-36(40-28-52(26-38(34)40)20-8-9-21-52)42-30-54-48(56-42)44-13-11-23-59(44)49(61)46(32(3)4)57-50(62)63-5/h14-17,29-32,43-44,46H,6-13,18-28H2,1-5H3,(H,53,55)(H,54,56)(H,57,62)/t43-,44+,46-/m0/s1. The van der Waals surface area contributed by atoms with Crippen molar-refractivity contribution >= 4 is 17.9 Å². The van der Waals surface area contributed by atoms with E-state index in [1.165, 1.54) is 103 Å². The van der Waals surface area contributed by atoms with Crippen LogP contribution in [0.15, 0.2) is 36.7 Å². The number of aromatic nitrogens is 4. The Morgan fingerprint density at radius 1 is 0.683 bits per heavy atom. The molecule has 11 nitrogen and oxygen atoms in total. The van der Waals surface area contributed by atoms with Crippen LogP contribution in [0.5, 0.6) is 0 Å². The maximum atomic E-state index is 13.9. The predicted molar refractivity (Wildman–Crippen MR) is 245 cm³/mol. The zero-order valence-corrected chi connectivity index (χ0v) is 38.2. The van der Waals surface area contributed by atoms with Gasteiger partial charge in [-0.15, -0.1) is 0 Å². The second-order valence-electron chi connectivity index (χ2n) is 21.1. The van der Waals surface area contributed by atoms with Crippen molar-refractivity contribution in [2.75, 3.05) is 20.2 Å². The van der Waals surface area contributed by atoms with Crippen molar-refractivity contribution in [3.05, 3.63) is 70.6 Å². The molecule has 3 amide bonds. The normalized spacial score (nSPS) is 22.5. The van der Waals surface area contributed by atoms with Crippen LogP contribution in [-0.4, -0.2) is 73.9 Å². The molecule has 3 atom stereocenters. The van der Waals surface area contributed by atoms with Gasteiger partial charge in [0, 0.05) is 30.6 Å². The summed E-state index contributed by atoms with van der Waals surface area (Å²) in [7, 11) is 1.33. The van der Waals surface area contributed by atoms with Crippen molar-refractivity contribution in [3.8, 4) is 33.6 Å². The number of hydrogen-bond acceptors (Lipinski definition) is 6. The fourth-order valence-corrected chi connectivity index (χ4v) is 13.1. The summed E-state index contributed by atoms with van der Waals surface area (Å²) in [6.07, 6.45) is 22.4. The Hall–Kier alpha value is -4.93. The van der Waals surface area contributed by atoms with Crippen molar-refractivity contribution < 1.29 is 19.1 Å². The van der Waals surface area contributed by atoms with Crippen LogP contribution in [-0.2, 0) is 40.0 Å². The third kappa shape index (κ3) is 7.58. The summed E-state index contributed by atoms with van der Waals surface area (Å²) >= 11 is 0. The number of nitrogens with zero attached hydrogens (tertiary/aromatic N) is 4. The second kappa shape index (κ2) is 16.6. The van der Waals surface area contributed by atoms with Crippen LogP contribution in [0, 0.1) is 22.7 Å². The number of H-pyrrole nitrogens is 2. The fourth-order valence-electron chi connectivity index (χ4n) is 13.1. The molecular weight excluding hydrogens is 787 g/mol. The number of fused-ring (bicyclic) bond motifs is 2. The van der Waals surface area contributed by atoms with Crippen molar-refractivity contribution in [2.45, 2.75) is 155 Å². The van der Waals surface area contributed by atoms with E-state index in [1.807, 2.05) is 31.1 Å². The highest BCUT2D eigenvalue weighted by Crippen LogP contribution is 2.56. The molecule has 63 heavy (non-hydrogen) atoms. The number of aromatic amines is 2. The van der Waals surface area contributed by atoms with Crippen molar-refractivity contribution in [1.29, 1.82) is 0 Å². The molecule has 0 bridgehead atoms. The minimum Gasteiger partial charge on any atom is -0.453 e. The molecule has 0 unspecified atom stereocenters. The Kier molecular flexibility index (Phi) is 11.1. The van der Waals surface area contributed by atoms with E-state index < -0.39 is 12.1 Å². The number of ether oxygens (including phenoxy) is 1. The number of hydrogen-bond donors (Lipinski definition) is 3. The number of likely N-dealkylation sites (tertiary alicyclic amines) is 2. The fraction of sp³-hybridized carbons (Fsp3) is 0.596. The van der Waals surface area contributed by atoms with E-state index in [4.69, 9.17) is 14.7 Å². The highest BCUT2D eigenvalue weighted by atomic mass is 16.5. The van der Waals surface area contributed by atoms with E-state index >= 15 is 0 Å². The molecule has 2 aromatic carbocycles. The Morgan fingerprint density at radius 2 is 1.13 bits per heavy atom. The Bertz CT molecular complexity index is 2400. The lowest BCUT2D eigenvalue weighted by Gasteiger charge is -2.30. The quantitative estimate of drug-likeness (QED) is 0.145. The first kappa shape index (κ1) is 42.0. The lowest BCUT2D eigenvalue weighted by Crippen LogP contribution is -2.51. The van der Waals surface area contributed by atoms with Crippen LogP contribution in [0.1, 0.15) is 157 Å². The SMILES string of the molecule is COC(=O)N[C@H](C(=O)N1CCC[C@@H]1c1ncc(-c2ccc(-c3ccc(-c4cnc([C@@H]5CCCN5C(=O)CC(C)C)[nH]4)c4c3CC3(CCCC3)C4)c3c2CC2(CCCC2)C3)[nH]1)C(C)C. The molecule has 3 N–H and O–H groups in total. The molecule has 334 valence electrons. The van der Waals surface area contributed by atoms with Gasteiger partial charge in [0.15, 0.2) is 0 Å². The largest absolute Gasteiger partial charge is 0.453 e. The molecular formula is C52H67N7O4. The molecule has 11 heteroatoms. The van der Waals surface area contributed by atoms with Crippen LogP contribution >= 0.6 is 0 Å². The zero-order valence-electron chi connectivity index (χ0n) is 38.2. The minimum atomic E-state index is -0.670. The van der Waals surface area contributed by atoms with Gasteiger partial charge in [-0.3, -0.25) is 9.59 Å². The first-order valence-electron chi connectivity index (χ1n) is 24.3. The number of carbonyl (C=O) groups is 3. The third-order valence-corrected chi connectivity index (χ3v) is 16.2. The van der Waals surface area contributed by atoms with Gasteiger partial charge in [-0.1, -0.05) is 77.6 Å². The van der Waals surface area contributed by atoms with E-state index in [2.05, 4.69) is 58.3 Å². The molecule has 4 aliphatic carbocycles. The number of amides is 3. The molecule has 2 spiro atoms. The molecule has 6 aliphatic rings. The summed E-state index contributed by atoms with van der Waals surface area (Å²) < 4.78 is 4.86. The van der Waals surface area contributed by atoms with Crippen LogP contribution < -0.4 is 5.32 Å². The van der Waals surface area contributed by atoms with E-state index in [-0.39, 0.29) is 29.8 Å². The van der Waals surface area contributed by atoms with E-state index in [1.54, 1.807) is 0 Å². The van der Waals surface area contributed by atoms with Crippen molar-refractivity contribution in [1.82, 2.24) is 35.1 Å². The van der Waals surface area contributed by atoms with Gasteiger partial charge in [-0.05, 0) is 133 Å². The molecule has 4 aromatic rings. The topological polar surface area (TPSA) is 136 Å². The molecule has 2 aliphatic heterocycles. The first-order valence-corrected chi connectivity index (χ1v) is 24.3. The van der Waals surface area contributed by atoms with Gasteiger partial charge < -0.3 is 29.8 Å². The maximum Gasteiger partial charge on any atom is 0.407 e. The van der Waals surface area contributed by atoms with Crippen molar-refractivity contribution in [3.63, 3.8) is 0 Å². The van der Waals surface area contributed by atoms with E-state index in [9.17, 15) is 14.4 Å². The number of nitrogens with one attached hydrogen (secondary N) is 3. The summed E-state index contributed by atoms with van der Waals surface area (Å²) in [6.45, 7) is 9.57.